The summed E-state index contributed by atoms with van der Waals surface area (Å²) in [5.41, 5.74) is 5.72. The van der Waals surface area contributed by atoms with Gasteiger partial charge in [0.2, 0.25) is 0 Å². The smallest absolute Gasteiger partial charge is 0.335 e. The van der Waals surface area contributed by atoms with Crippen molar-refractivity contribution >= 4 is 39.0 Å². The molecule has 42 heavy (non-hydrogen) atoms. The van der Waals surface area contributed by atoms with Gasteiger partial charge in [-0.05, 0) is 77.6 Å². The van der Waals surface area contributed by atoms with Crippen LogP contribution in [-0.2, 0) is 29.2 Å². The first-order valence-corrected chi connectivity index (χ1v) is 15.9. The molecule has 1 heterocycles. The summed E-state index contributed by atoms with van der Waals surface area (Å²) in [6, 6.07) is 27.3. The Morgan fingerprint density at radius 1 is 0.857 bits per heavy atom. The Labute approximate surface area is 255 Å². The van der Waals surface area contributed by atoms with Crippen LogP contribution >= 0.6 is 23.2 Å². The number of carbonyl (C=O) groups is 1. The molecule has 6 nitrogen and oxygen atoms in total. The van der Waals surface area contributed by atoms with Crippen molar-refractivity contribution in [1.29, 1.82) is 0 Å². The number of sulfone groups is 1. The molecule has 0 saturated heterocycles. The molecule has 5 rings (SSSR count). The molecule has 0 atom stereocenters. The number of imidazole rings is 1. The van der Waals surface area contributed by atoms with Crippen LogP contribution in [-0.4, -0.2) is 35.3 Å². The first kappa shape index (κ1) is 29.6. The summed E-state index contributed by atoms with van der Waals surface area (Å²) in [6.07, 6.45) is 5.58. The SMILES string of the molecule is CS(=O)(=O)c1cccc(-c2ccc(CCCc3nc(-c4ccc(Cl)cc4Cl)cn3Cc3ccc(C(=O)O)cc3)cc2)c1. The maximum absolute atomic E-state index is 11.9. The molecule has 0 bridgehead atoms. The van der Waals surface area contributed by atoms with Crippen LogP contribution in [0.1, 0.15) is 33.7 Å². The molecule has 9 heteroatoms. The summed E-state index contributed by atoms with van der Waals surface area (Å²) >= 11 is 12.6. The lowest BCUT2D eigenvalue weighted by atomic mass is 10.0. The van der Waals surface area contributed by atoms with Gasteiger partial charge in [0, 0.05) is 36.0 Å². The van der Waals surface area contributed by atoms with Gasteiger partial charge in [0.25, 0.3) is 0 Å². The third kappa shape index (κ3) is 7.10. The van der Waals surface area contributed by atoms with E-state index in [9.17, 15) is 18.3 Å². The highest BCUT2D eigenvalue weighted by atomic mass is 35.5. The fourth-order valence-corrected chi connectivity index (χ4v) is 5.96. The summed E-state index contributed by atoms with van der Waals surface area (Å²) in [7, 11) is -3.27. The van der Waals surface area contributed by atoms with Crippen molar-refractivity contribution in [2.75, 3.05) is 6.26 Å². The molecule has 0 unspecified atom stereocenters. The number of halogens is 2. The highest BCUT2D eigenvalue weighted by Gasteiger charge is 2.14. The maximum Gasteiger partial charge on any atom is 0.335 e. The third-order valence-corrected chi connectivity index (χ3v) is 8.69. The van der Waals surface area contributed by atoms with E-state index in [1.165, 1.54) is 11.8 Å². The van der Waals surface area contributed by atoms with Gasteiger partial charge in [-0.2, -0.15) is 0 Å². The first-order chi connectivity index (χ1) is 20.1. The second-order valence-electron chi connectivity index (χ2n) is 10.1. The molecule has 0 aliphatic rings. The van der Waals surface area contributed by atoms with E-state index in [1.54, 1.807) is 42.5 Å². The number of aromatic nitrogens is 2. The van der Waals surface area contributed by atoms with Crippen molar-refractivity contribution in [2.45, 2.75) is 30.7 Å². The Balaban J connectivity index is 1.33. The lowest BCUT2D eigenvalue weighted by Gasteiger charge is -2.09. The number of nitrogens with zero attached hydrogens (tertiary/aromatic N) is 2. The van der Waals surface area contributed by atoms with Gasteiger partial charge in [0.1, 0.15) is 5.82 Å². The van der Waals surface area contributed by atoms with Crippen LogP contribution in [0.4, 0.5) is 0 Å². The van der Waals surface area contributed by atoms with Crippen LogP contribution in [0.15, 0.2) is 102 Å². The van der Waals surface area contributed by atoms with E-state index in [0.29, 0.717) is 21.5 Å². The Morgan fingerprint density at radius 2 is 1.57 bits per heavy atom. The molecule has 0 radical (unpaired) electrons. The van der Waals surface area contributed by atoms with Gasteiger partial charge in [-0.1, -0.05) is 71.7 Å². The summed E-state index contributed by atoms with van der Waals surface area (Å²) in [6.45, 7) is 0.536. The maximum atomic E-state index is 11.9. The minimum atomic E-state index is -3.27. The third-order valence-electron chi connectivity index (χ3n) is 7.04. The van der Waals surface area contributed by atoms with Crippen LogP contribution in [0.2, 0.25) is 10.0 Å². The van der Waals surface area contributed by atoms with Gasteiger partial charge < -0.3 is 9.67 Å². The molecule has 0 amide bonds. The topological polar surface area (TPSA) is 89.3 Å². The van der Waals surface area contributed by atoms with E-state index in [2.05, 4.69) is 16.7 Å². The van der Waals surface area contributed by atoms with Gasteiger partial charge in [-0.15, -0.1) is 0 Å². The molecule has 0 aliphatic heterocycles. The second-order valence-corrected chi connectivity index (χ2v) is 13.0. The van der Waals surface area contributed by atoms with Crippen molar-refractivity contribution in [3.8, 4) is 22.4 Å². The molecule has 4 aromatic carbocycles. The minimum Gasteiger partial charge on any atom is -0.478 e. The van der Waals surface area contributed by atoms with E-state index in [1.807, 2.05) is 42.6 Å². The summed E-state index contributed by atoms with van der Waals surface area (Å²) in [5.74, 6) is -0.0625. The fraction of sp³-hybridized carbons (Fsp3) is 0.152. The predicted molar refractivity (Wildman–Crippen MR) is 167 cm³/mol. The van der Waals surface area contributed by atoms with Gasteiger partial charge in [-0.25, -0.2) is 18.2 Å². The standard InChI is InChI=1S/C33H28Cl2N2O4S/c1-42(40,41)28-6-3-5-26(18-28)24-12-8-22(9-13-24)4-2-7-32-36-31(29-17-16-27(34)19-30(29)35)21-37(32)20-23-10-14-25(15-11-23)33(38)39/h3,5-6,8-19,21H,2,4,7,20H2,1H3,(H,38,39). The molecular formula is C33H28Cl2N2O4S. The Bertz CT molecular complexity index is 1850. The van der Waals surface area contributed by atoms with Crippen molar-refractivity contribution in [3.05, 3.63) is 130 Å². The van der Waals surface area contributed by atoms with E-state index < -0.39 is 15.8 Å². The average Bonchev–Trinajstić information content (AvgIpc) is 3.35. The number of hydrogen-bond acceptors (Lipinski definition) is 4. The summed E-state index contributed by atoms with van der Waals surface area (Å²) in [4.78, 5) is 16.5. The number of benzene rings is 4. The van der Waals surface area contributed by atoms with Gasteiger partial charge >= 0.3 is 5.97 Å². The molecule has 1 N–H and O–H groups in total. The van der Waals surface area contributed by atoms with E-state index in [-0.39, 0.29) is 5.56 Å². The fourth-order valence-electron chi connectivity index (χ4n) is 4.79. The van der Waals surface area contributed by atoms with E-state index >= 15 is 0 Å². The largest absolute Gasteiger partial charge is 0.478 e. The number of hydrogen-bond donors (Lipinski definition) is 1. The van der Waals surface area contributed by atoms with Gasteiger partial charge in [0.05, 0.1) is 21.2 Å². The van der Waals surface area contributed by atoms with Crippen LogP contribution < -0.4 is 0 Å². The highest BCUT2D eigenvalue weighted by Crippen LogP contribution is 2.30. The first-order valence-electron chi connectivity index (χ1n) is 13.3. The van der Waals surface area contributed by atoms with Crippen molar-refractivity contribution < 1.29 is 18.3 Å². The van der Waals surface area contributed by atoms with Gasteiger partial charge in [0.15, 0.2) is 9.84 Å². The Kier molecular flexibility index (Phi) is 8.82. The van der Waals surface area contributed by atoms with Crippen molar-refractivity contribution in [1.82, 2.24) is 9.55 Å². The number of carboxylic acid groups (broad SMARTS) is 1. The van der Waals surface area contributed by atoms with Crippen molar-refractivity contribution in [2.24, 2.45) is 0 Å². The normalized spacial score (nSPS) is 11.5. The molecule has 0 fully saturated rings. The predicted octanol–water partition coefficient (Wildman–Crippen LogP) is 7.85. The second kappa shape index (κ2) is 12.5. The molecule has 1 aromatic heterocycles. The Morgan fingerprint density at radius 3 is 2.24 bits per heavy atom. The lowest BCUT2D eigenvalue weighted by Crippen LogP contribution is -2.05. The lowest BCUT2D eigenvalue weighted by molar-refractivity contribution is 0.0697. The average molecular weight is 620 g/mol. The molecule has 0 saturated carbocycles. The number of carboxylic acids is 1. The molecule has 214 valence electrons. The molecular weight excluding hydrogens is 591 g/mol. The van der Waals surface area contributed by atoms with Gasteiger partial charge in [-0.3, -0.25) is 0 Å². The summed E-state index contributed by atoms with van der Waals surface area (Å²) in [5, 5.41) is 10.3. The quantitative estimate of drug-likeness (QED) is 0.172. The van der Waals surface area contributed by atoms with E-state index in [0.717, 1.165) is 53.0 Å². The van der Waals surface area contributed by atoms with Crippen LogP contribution in [0.3, 0.4) is 0 Å². The molecule has 0 aliphatic carbocycles. The number of aromatic carboxylic acids is 1. The highest BCUT2D eigenvalue weighted by molar-refractivity contribution is 7.90. The zero-order valence-corrected chi connectivity index (χ0v) is 25.1. The molecule has 5 aromatic rings. The minimum absolute atomic E-state index is 0.243. The molecule has 0 spiro atoms. The Hall–Kier alpha value is -3.91. The van der Waals surface area contributed by atoms with Crippen LogP contribution in [0.25, 0.3) is 22.4 Å². The number of rotatable bonds is 10. The zero-order valence-electron chi connectivity index (χ0n) is 22.8. The monoisotopic (exact) mass is 618 g/mol. The summed E-state index contributed by atoms with van der Waals surface area (Å²) < 4.78 is 26.0. The number of aryl methyl sites for hydroxylation is 2. The van der Waals surface area contributed by atoms with Crippen molar-refractivity contribution in [3.63, 3.8) is 0 Å². The zero-order chi connectivity index (χ0) is 29.9. The van der Waals surface area contributed by atoms with E-state index in [4.69, 9.17) is 28.2 Å². The van der Waals surface area contributed by atoms with Crippen LogP contribution in [0.5, 0.6) is 0 Å². The van der Waals surface area contributed by atoms with Crippen LogP contribution in [0, 0.1) is 0 Å².